The number of hydrogen-bond acceptors (Lipinski definition) is 4. The third kappa shape index (κ3) is 4.17. The van der Waals surface area contributed by atoms with Gasteiger partial charge in [0.2, 0.25) is 5.91 Å². The first-order chi connectivity index (χ1) is 12.2. The van der Waals surface area contributed by atoms with Gasteiger partial charge in [0.05, 0.1) is 5.52 Å². The van der Waals surface area contributed by atoms with Gasteiger partial charge in [-0.05, 0) is 31.4 Å². The minimum Gasteiger partial charge on any atom is -0.353 e. The predicted octanol–water partition coefficient (Wildman–Crippen LogP) is 1.32. The minimum atomic E-state index is -0.275. The number of amides is 2. The maximum Gasteiger partial charge on any atom is 0.272 e. The normalized spacial score (nSPS) is 20.4. The Labute approximate surface area is 146 Å². The summed E-state index contributed by atoms with van der Waals surface area (Å²) in [5.41, 5.74) is 6.96. The molecule has 1 aliphatic carbocycles. The van der Waals surface area contributed by atoms with Crippen LogP contribution in [-0.2, 0) is 4.79 Å². The Morgan fingerprint density at radius 3 is 2.88 bits per heavy atom. The highest BCUT2D eigenvalue weighted by Gasteiger charge is 2.25. The molecule has 25 heavy (non-hydrogen) atoms. The summed E-state index contributed by atoms with van der Waals surface area (Å²) in [7, 11) is 0. The quantitative estimate of drug-likeness (QED) is 0.633. The van der Waals surface area contributed by atoms with Crippen molar-refractivity contribution in [2.24, 2.45) is 11.7 Å². The lowest BCUT2D eigenvalue weighted by Crippen LogP contribution is -2.45. The number of nitrogens with one attached hydrogen (secondary N) is 3. The van der Waals surface area contributed by atoms with Gasteiger partial charge < -0.3 is 16.4 Å². The first kappa shape index (κ1) is 17.4. The lowest BCUT2D eigenvalue weighted by atomic mass is 9.84. The van der Waals surface area contributed by atoms with Gasteiger partial charge >= 0.3 is 0 Å². The molecule has 5 N–H and O–H groups in total. The first-order valence-electron chi connectivity index (χ1n) is 8.89. The standard InChI is InChI=1S/C18H25N5O2/c19-11-12-5-1-3-7-14(12)21-16(24)9-10-20-18(25)17-13-6-2-4-8-15(13)22-23-17/h2,4,6,8,12,14H,1,3,5,7,9-11,19H2,(H,20,25)(H,21,24)(H,22,23). The van der Waals surface area contributed by atoms with Crippen LogP contribution in [-0.4, -0.2) is 41.1 Å². The number of carbonyl (C=O) groups excluding carboxylic acids is 2. The van der Waals surface area contributed by atoms with Crippen LogP contribution in [0.5, 0.6) is 0 Å². The van der Waals surface area contributed by atoms with Crippen molar-refractivity contribution in [1.29, 1.82) is 0 Å². The molecule has 0 saturated heterocycles. The molecule has 134 valence electrons. The fourth-order valence-corrected chi connectivity index (χ4v) is 3.47. The van der Waals surface area contributed by atoms with Crippen LogP contribution in [0.3, 0.4) is 0 Å². The number of hydrogen-bond donors (Lipinski definition) is 4. The van der Waals surface area contributed by atoms with Crippen molar-refractivity contribution in [3.63, 3.8) is 0 Å². The van der Waals surface area contributed by atoms with E-state index in [0.717, 1.165) is 30.2 Å². The van der Waals surface area contributed by atoms with E-state index in [1.807, 2.05) is 24.3 Å². The molecule has 0 spiro atoms. The smallest absolute Gasteiger partial charge is 0.272 e. The Bertz CT molecular complexity index is 742. The van der Waals surface area contributed by atoms with Crippen LogP contribution in [0.1, 0.15) is 42.6 Å². The summed E-state index contributed by atoms with van der Waals surface area (Å²) >= 11 is 0. The van der Waals surface area contributed by atoms with E-state index < -0.39 is 0 Å². The number of benzene rings is 1. The second-order valence-electron chi connectivity index (χ2n) is 6.58. The van der Waals surface area contributed by atoms with Gasteiger partial charge in [-0.2, -0.15) is 5.10 Å². The molecule has 1 heterocycles. The van der Waals surface area contributed by atoms with Crippen molar-refractivity contribution in [3.05, 3.63) is 30.0 Å². The number of nitrogens with zero attached hydrogens (tertiary/aromatic N) is 1. The Balaban J connectivity index is 1.47. The van der Waals surface area contributed by atoms with Gasteiger partial charge in [0.25, 0.3) is 5.91 Å². The number of carbonyl (C=O) groups is 2. The van der Waals surface area contributed by atoms with Crippen molar-refractivity contribution < 1.29 is 9.59 Å². The summed E-state index contributed by atoms with van der Waals surface area (Å²) in [6.07, 6.45) is 4.62. The maximum absolute atomic E-state index is 12.2. The van der Waals surface area contributed by atoms with Crippen molar-refractivity contribution in [1.82, 2.24) is 20.8 Å². The minimum absolute atomic E-state index is 0.0439. The van der Waals surface area contributed by atoms with E-state index in [-0.39, 0.29) is 30.8 Å². The van der Waals surface area contributed by atoms with E-state index in [0.29, 0.717) is 18.2 Å². The van der Waals surface area contributed by atoms with Gasteiger partial charge in [-0.1, -0.05) is 31.0 Å². The van der Waals surface area contributed by atoms with Crippen LogP contribution in [0.2, 0.25) is 0 Å². The summed E-state index contributed by atoms with van der Waals surface area (Å²) in [4.78, 5) is 24.4. The molecule has 2 atom stereocenters. The van der Waals surface area contributed by atoms with Crippen molar-refractivity contribution in [2.45, 2.75) is 38.1 Å². The highest BCUT2D eigenvalue weighted by Crippen LogP contribution is 2.23. The summed E-state index contributed by atoms with van der Waals surface area (Å²) < 4.78 is 0. The van der Waals surface area contributed by atoms with Crippen molar-refractivity contribution >= 4 is 22.7 Å². The lowest BCUT2D eigenvalue weighted by molar-refractivity contribution is -0.122. The van der Waals surface area contributed by atoms with Crippen molar-refractivity contribution in [2.75, 3.05) is 13.1 Å². The predicted molar refractivity (Wildman–Crippen MR) is 96.0 cm³/mol. The molecule has 0 aliphatic heterocycles. The lowest BCUT2D eigenvalue weighted by Gasteiger charge is -2.31. The second-order valence-corrected chi connectivity index (χ2v) is 6.58. The van der Waals surface area contributed by atoms with Crippen LogP contribution >= 0.6 is 0 Å². The molecule has 1 fully saturated rings. The zero-order chi connectivity index (χ0) is 17.6. The maximum atomic E-state index is 12.2. The van der Waals surface area contributed by atoms with Crippen LogP contribution in [0, 0.1) is 5.92 Å². The Morgan fingerprint density at radius 1 is 1.24 bits per heavy atom. The Morgan fingerprint density at radius 2 is 2.04 bits per heavy atom. The van der Waals surface area contributed by atoms with Gasteiger partial charge in [-0.3, -0.25) is 14.7 Å². The second kappa shape index (κ2) is 8.11. The van der Waals surface area contributed by atoms with Gasteiger partial charge in [-0.25, -0.2) is 0 Å². The molecule has 0 radical (unpaired) electrons. The average Bonchev–Trinajstić information content (AvgIpc) is 3.06. The summed E-state index contributed by atoms with van der Waals surface area (Å²) in [6.45, 7) is 0.889. The van der Waals surface area contributed by atoms with E-state index in [4.69, 9.17) is 5.73 Å². The number of H-pyrrole nitrogens is 1. The number of aromatic amines is 1. The molecule has 1 saturated carbocycles. The van der Waals surface area contributed by atoms with Crippen molar-refractivity contribution in [3.8, 4) is 0 Å². The molecule has 1 aromatic heterocycles. The molecule has 2 aromatic rings. The summed E-state index contributed by atoms with van der Waals surface area (Å²) in [5.74, 6) is 0.0444. The SMILES string of the molecule is NCC1CCCCC1NC(=O)CCNC(=O)c1n[nH]c2ccccc12. The van der Waals surface area contributed by atoms with Crippen LogP contribution in [0.15, 0.2) is 24.3 Å². The Hall–Kier alpha value is -2.41. The molecular weight excluding hydrogens is 318 g/mol. The third-order valence-corrected chi connectivity index (χ3v) is 4.88. The van der Waals surface area contributed by atoms with Gasteiger partial charge in [0.1, 0.15) is 0 Å². The molecule has 3 rings (SSSR count). The monoisotopic (exact) mass is 343 g/mol. The largest absolute Gasteiger partial charge is 0.353 e. The number of fused-ring (bicyclic) bond motifs is 1. The Kier molecular flexibility index (Phi) is 5.65. The highest BCUT2D eigenvalue weighted by molar-refractivity contribution is 6.04. The third-order valence-electron chi connectivity index (χ3n) is 4.88. The molecule has 1 aromatic carbocycles. The molecule has 2 amide bonds. The fourth-order valence-electron chi connectivity index (χ4n) is 3.47. The van der Waals surface area contributed by atoms with E-state index >= 15 is 0 Å². The van der Waals surface area contributed by atoms with E-state index in [9.17, 15) is 9.59 Å². The van der Waals surface area contributed by atoms with Gasteiger partial charge in [0.15, 0.2) is 5.69 Å². The van der Waals surface area contributed by atoms with Crippen LogP contribution in [0.4, 0.5) is 0 Å². The van der Waals surface area contributed by atoms with Crippen LogP contribution in [0.25, 0.3) is 10.9 Å². The molecule has 7 nitrogen and oxygen atoms in total. The van der Waals surface area contributed by atoms with E-state index in [1.54, 1.807) is 0 Å². The molecule has 2 unspecified atom stereocenters. The molecular formula is C18H25N5O2. The van der Waals surface area contributed by atoms with Gasteiger partial charge in [0, 0.05) is 24.4 Å². The number of rotatable bonds is 6. The number of para-hydroxylation sites is 1. The van der Waals surface area contributed by atoms with Crippen LogP contribution < -0.4 is 16.4 Å². The highest BCUT2D eigenvalue weighted by atomic mass is 16.2. The molecule has 0 bridgehead atoms. The molecule has 7 heteroatoms. The van der Waals surface area contributed by atoms with E-state index in [2.05, 4.69) is 20.8 Å². The molecule has 1 aliphatic rings. The number of aromatic nitrogens is 2. The first-order valence-corrected chi connectivity index (χ1v) is 8.89. The van der Waals surface area contributed by atoms with E-state index in [1.165, 1.54) is 6.42 Å². The number of nitrogens with two attached hydrogens (primary N) is 1. The topological polar surface area (TPSA) is 113 Å². The summed E-state index contributed by atoms with van der Waals surface area (Å²) in [6, 6.07) is 7.62. The summed E-state index contributed by atoms with van der Waals surface area (Å²) in [5, 5.41) is 13.5. The van der Waals surface area contributed by atoms with Gasteiger partial charge in [-0.15, -0.1) is 0 Å². The zero-order valence-electron chi connectivity index (χ0n) is 14.3. The average molecular weight is 343 g/mol. The zero-order valence-corrected chi connectivity index (χ0v) is 14.3. The fraction of sp³-hybridized carbons (Fsp3) is 0.500.